The van der Waals surface area contributed by atoms with Gasteiger partial charge in [-0.15, -0.1) is 0 Å². The van der Waals surface area contributed by atoms with E-state index in [9.17, 15) is 14.7 Å². The van der Waals surface area contributed by atoms with Gasteiger partial charge in [0.2, 0.25) is 0 Å². The quantitative estimate of drug-likeness (QED) is 0.151. The topological polar surface area (TPSA) is 94.1 Å². The minimum absolute atomic E-state index is 0.0149. The first-order chi connectivity index (χ1) is 16.9. The molecule has 35 heavy (non-hydrogen) atoms. The summed E-state index contributed by atoms with van der Waals surface area (Å²) in [4.78, 5) is 24.5. The number of phenolic OH excluding ortho intramolecular Hbond substituents is 1. The molecule has 0 aliphatic rings. The summed E-state index contributed by atoms with van der Waals surface area (Å²) in [5.41, 5.74) is 1.99. The van der Waals surface area contributed by atoms with Gasteiger partial charge in [0.05, 0.1) is 12.4 Å². The number of thiol groups is 1. The molecule has 0 bridgehead atoms. The standard InChI is InChI=1S/C26H26INO6S/c1-17-7-10-19(11-8-17)28-26(31)34-25(21-15-18(27)9-12-22(21)29)23(13-14-32-24(30)16-35)33-20-5-3-2-4-6-20/h2-12,15,23,25,29,35H,13-14,16H2,1H3,(H,28,31)/t23-,25-/m1/s1. The largest absolute Gasteiger partial charge is 0.508 e. The van der Waals surface area contributed by atoms with Crippen LogP contribution in [0.15, 0.2) is 72.8 Å². The normalized spacial score (nSPS) is 12.3. The lowest BCUT2D eigenvalue weighted by Gasteiger charge is -2.29. The van der Waals surface area contributed by atoms with Gasteiger partial charge in [-0.25, -0.2) is 4.79 Å². The summed E-state index contributed by atoms with van der Waals surface area (Å²) in [6.45, 7) is 1.96. The van der Waals surface area contributed by atoms with E-state index >= 15 is 0 Å². The van der Waals surface area contributed by atoms with Gasteiger partial charge in [0.15, 0.2) is 6.10 Å². The van der Waals surface area contributed by atoms with Crippen molar-refractivity contribution in [3.05, 3.63) is 87.5 Å². The van der Waals surface area contributed by atoms with Crippen molar-refractivity contribution in [2.24, 2.45) is 0 Å². The average Bonchev–Trinajstić information content (AvgIpc) is 2.85. The molecular weight excluding hydrogens is 581 g/mol. The molecule has 9 heteroatoms. The average molecular weight is 607 g/mol. The van der Waals surface area contributed by atoms with Gasteiger partial charge in [-0.2, -0.15) is 12.6 Å². The minimum atomic E-state index is -1.01. The number of anilines is 1. The second kappa shape index (κ2) is 13.2. The summed E-state index contributed by atoms with van der Waals surface area (Å²) in [5, 5.41) is 13.3. The molecular formula is C26H26INO6S. The van der Waals surface area contributed by atoms with Crippen LogP contribution in [-0.4, -0.2) is 35.6 Å². The Morgan fingerprint density at radius 2 is 1.77 bits per heavy atom. The van der Waals surface area contributed by atoms with Crippen LogP contribution in [0.5, 0.6) is 11.5 Å². The molecule has 2 N–H and O–H groups in total. The van der Waals surface area contributed by atoms with E-state index < -0.39 is 24.3 Å². The lowest BCUT2D eigenvalue weighted by atomic mass is 10.0. The van der Waals surface area contributed by atoms with Crippen LogP contribution in [-0.2, 0) is 14.3 Å². The lowest BCUT2D eigenvalue weighted by molar-refractivity contribution is -0.141. The SMILES string of the molecule is Cc1ccc(NC(=O)O[C@H](c2cc(I)ccc2O)[C@@H](CCOC(=O)CS)Oc2ccccc2)cc1. The highest BCUT2D eigenvalue weighted by Crippen LogP contribution is 2.34. The Bertz CT molecular complexity index is 1130. The Hall–Kier alpha value is -2.92. The number of rotatable bonds is 10. The zero-order chi connectivity index (χ0) is 25.2. The van der Waals surface area contributed by atoms with Crippen LogP contribution in [0.4, 0.5) is 10.5 Å². The second-order valence-corrected chi connectivity index (χ2v) is 9.22. The Morgan fingerprint density at radius 1 is 1.06 bits per heavy atom. The van der Waals surface area contributed by atoms with Crippen LogP contribution in [0, 0.1) is 10.5 Å². The number of carbonyl (C=O) groups is 2. The van der Waals surface area contributed by atoms with Crippen molar-refractivity contribution in [2.45, 2.75) is 25.6 Å². The third-order valence-corrected chi connectivity index (χ3v) is 5.92. The number of aromatic hydroxyl groups is 1. The number of para-hydroxylation sites is 1. The van der Waals surface area contributed by atoms with Gasteiger partial charge in [0, 0.05) is 21.2 Å². The summed E-state index contributed by atoms with van der Waals surface area (Å²) in [6, 6.07) is 21.3. The smallest absolute Gasteiger partial charge is 0.412 e. The molecule has 0 aliphatic carbocycles. The van der Waals surface area contributed by atoms with E-state index in [-0.39, 0.29) is 24.5 Å². The highest BCUT2D eigenvalue weighted by molar-refractivity contribution is 14.1. The molecule has 0 radical (unpaired) electrons. The third-order valence-electron chi connectivity index (χ3n) is 4.99. The van der Waals surface area contributed by atoms with E-state index in [0.717, 1.165) is 9.13 Å². The molecule has 3 rings (SSSR count). The van der Waals surface area contributed by atoms with Gasteiger partial charge in [-0.05, 0) is 72.0 Å². The molecule has 0 saturated carbocycles. The number of phenols is 1. The molecule has 3 aromatic rings. The van der Waals surface area contributed by atoms with Crippen molar-refractivity contribution in [2.75, 3.05) is 17.7 Å². The molecule has 184 valence electrons. The van der Waals surface area contributed by atoms with Crippen LogP contribution < -0.4 is 10.1 Å². The second-order valence-electron chi connectivity index (χ2n) is 7.66. The zero-order valence-electron chi connectivity index (χ0n) is 19.0. The van der Waals surface area contributed by atoms with Gasteiger partial charge in [0.1, 0.15) is 17.6 Å². The van der Waals surface area contributed by atoms with Crippen LogP contribution in [0.1, 0.15) is 23.7 Å². The minimum Gasteiger partial charge on any atom is -0.508 e. The maximum Gasteiger partial charge on any atom is 0.412 e. The fraction of sp³-hybridized carbons (Fsp3) is 0.231. The summed E-state index contributed by atoms with van der Waals surface area (Å²) in [5.74, 6) is -0.0393. The van der Waals surface area contributed by atoms with Gasteiger partial charge in [0.25, 0.3) is 0 Å². The predicted octanol–water partition coefficient (Wildman–Crippen LogP) is 5.91. The molecule has 0 fully saturated rings. The van der Waals surface area contributed by atoms with Crippen molar-refractivity contribution in [3.8, 4) is 11.5 Å². The molecule has 0 spiro atoms. The maximum atomic E-state index is 12.9. The van der Waals surface area contributed by atoms with Crippen molar-refractivity contribution < 1.29 is 28.9 Å². The lowest BCUT2D eigenvalue weighted by Crippen LogP contribution is -2.32. The number of nitrogens with one attached hydrogen (secondary N) is 1. The van der Waals surface area contributed by atoms with Crippen molar-refractivity contribution in [3.63, 3.8) is 0 Å². The summed E-state index contributed by atoms with van der Waals surface area (Å²) in [6.07, 6.45) is -2.31. The zero-order valence-corrected chi connectivity index (χ0v) is 22.1. The molecule has 7 nitrogen and oxygen atoms in total. The number of ether oxygens (including phenoxy) is 3. The highest BCUT2D eigenvalue weighted by atomic mass is 127. The first-order valence-electron chi connectivity index (χ1n) is 10.9. The number of amides is 1. The first kappa shape index (κ1) is 26.7. The summed E-state index contributed by atoms with van der Waals surface area (Å²) >= 11 is 6.04. The van der Waals surface area contributed by atoms with Gasteiger partial charge in [-0.3, -0.25) is 10.1 Å². The monoisotopic (exact) mass is 607 g/mol. The van der Waals surface area contributed by atoms with Crippen LogP contribution >= 0.6 is 35.2 Å². The first-order valence-corrected chi connectivity index (χ1v) is 12.6. The van der Waals surface area contributed by atoms with E-state index in [2.05, 4.69) is 40.5 Å². The number of halogens is 1. The molecule has 0 aromatic heterocycles. The molecule has 0 heterocycles. The Kier molecular flexibility index (Phi) is 10.1. The van der Waals surface area contributed by atoms with Gasteiger partial charge < -0.3 is 19.3 Å². The van der Waals surface area contributed by atoms with Gasteiger partial charge >= 0.3 is 12.1 Å². The third kappa shape index (κ3) is 8.36. The molecule has 1 amide bonds. The molecule has 0 saturated heterocycles. The highest BCUT2D eigenvalue weighted by Gasteiger charge is 2.32. The molecule has 0 aliphatic heterocycles. The van der Waals surface area contributed by atoms with Crippen LogP contribution in [0.2, 0.25) is 0 Å². The van der Waals surface area contributed by atoms with E-state index in [1.807, 2.05) is 37.3 Å². The molecule has 0 unspecified atom stereocenters. The summed E-state index contributed by atoms with van der Waals surface area (Å²) in [7, 11) is 0. The number of carbonyl (C=O) groups excluding carboxylic acids is 2. The number of hydrogen-bond donors (Lipinski definition) is 3. The van der Waals surface area contributed by atoms with Crippen molar-refractivity contribution in [1.82, 2.24) is 0 Å². The predicted molar refractivity (Wildman–Crippen MR) is 145 cm³/mol. The number of aryl methyl sites for hydroxylation is 1. The fourth-order valence-electron chi connectivity index (χ4n) is 3.27. The maximum absolute atomic E-state index is 12.9. The van der Waals surface area contributed by atoms with E-state index in [1.54, 1.807) is 36.4 Å². The molecule has 3 aromatic carbocycles. The Labute approximate surface area is 223 Å². The van der Waals surface area contributed by atoms with Crippen molar-refractivity contribution in [1.29, 1.82) is 0 Å². The van der Waals surface area contributed by atoms with Crippen molar-refractivity contribution >= 4 is 53.0 Å². The summed E-state index contributed by atoms with van der Waals surface area (Å²) < 4.78 is 18.0. The van der Waals surface area contributed by atoms with Crippen LogP contribution in [0.25, 0.3) is 0 Å². The Balaban J connectivity index is 1.90. The van der Waals surface area contributed by atoms with E-state index in [1.165, 1.54) is 6.07 Å². The van der Waals surface area contributed by atoms with E-state index in [4.69, 9.17) is 14.2 Å². The number of hydrogen-bond acceptors (Lipinski definition) is 7. The fourth-order valence-corrected chi connectivity index (χ4v) is 3.88. The molecule has 2 atom stereocenters. The number of benzene rings is 3. The number of esters is 1. The van der Waals surface area contributed by atoms with Crippen LogP contribution in [0.3, 0.4) is 0 Å². The van der Waals surface area contributed by atoms with Gasteiger partial charge in [-0.1, -0.05) is 35.9 Å². The van der Waals surface area contributed by atoms with E-state index in [0.29, 0.717) is 17.0 Å². The Morgan fingerprint density at radius 3 is 2.46 bits per heavy atom.